The second-order valence-corrected chi connectivity index (χ2v) is 6.12. The quantitative estimate of drug-likeness (QED) is 0.696. The number of carbonyl (C=O) groups excluding carboxylic acids is 1. The van der Waals surface area contributed by atoms with Gasteiger partial charge in [0.2, 0.25) is 0 Å². The highest BCUT2D eigenvalue weighted by atomic mass is 79.9. The summed E-state index contributed by atoms with van der Waals surface area (Å²) in [4.78, 5) is 23.1. The predicted molar refractivity (Wildman–Crippen MR) is 89.8 cm³/mol. The highest BCUT2D eigenvalue weighted by molar-refractivity contribution is 9.10. The van der Waals surface area contributed by atoms with Gasteiger partial charge in [-0.1, -0.05) is 28.9 Å². The van der Waals surface area contributed by atoms with Crippen LogP contribution in [0.3, 0.4) is 0 Å². The van der Waals surface area contributed by atoms with Crippen molar-refractivity contribution in [1.82, 2.24) is 5.32 Å². The number of amides is 1. The van der Waals surface area contributed by atoms with Gasteiger partial charge in [0.15, 0.2) is 5.76 Å². The normalized spacial score (nSPS) is 10.6. The molecule has 0 radical (unpaired) electrons. The molecule has 1 aromatic heterocycles. The average Bonchev–Trinajstić information content (AvgIpc) is 2.97. The molecule has 128 valence electrons. The molecule has 1 aromatic carbocycles. The van der Waals surface area contributed by atoms with E-state index in [1.54, 1.807) is 19.1 Å². The van der Waals surface area contributed by atoms with Crippen LogP contribution in [-0.4, -0.2) is 23.5 Å². The van der Waals surface area contributed by atoms with Crippen LogP contribution in [0.25, 0.3) is 0 Å². The second kappa shape index (κ2) is 8.10. The van der Waals surface area contributed by atoms with Crippen LogP contribution in [0, 0.1) is 5.82 Å². The molecule has 0 unspecified atom stereocenters. The van der Waals surface area contributed by atoms with E-state index in [2.05, 4.69) is 21.2 Å². The van der Waals surface area contributed by atoms with Gasteiger partial charge in [0.05, 0.1) is 0 Å². The van der Waals surface area contributed by atoms with Crippen LogP contribution < -0.4 is 5.32 Å². The van der Waals surface area contributed by atoms with Crippen molar-refractivity contribution < 1.29 is 23.5 Å². The molecule has 0 aliphatic heterocycles. The Morgan fingerprint density at radius 2 is 2.08 bits per heavy atom. The van der Waals surface area contributed by atoms with Gasteiger partial charge in [-0.3, -0.25) is 4.79 Å². The van der Waals surface area contributed by atoms with Crippen molar-refractivity contribution in [1.29, 1.82) is 0 Å². The molecule has 0 atom stereocenters. The summed E-state index contributed by atoms with van der Waals surface area (Å²) in [7, 11) is 0. The summed E-state index contributed by atoms with van der Waals surface area (Å²) < 4.78 is 19.6. The van der Waals surface area contributed by atoms with Crippen LogP contribution >= 0.6 is 15.9 Å². The van der Waals surface area contributed by atoms with Gasteiger partial charge in [0.1, 0.15) is 17.1 Å². The van der Waals surface area contributed by atoms with E-state index >= 15 is 0 Å². The second-order valence-electron chi connectivity index (χ2n) is 5.20. The molecule has 2 aromatic rings. The van der Waals surface area contributed by atoms with E-state index < -0.39 is 11.9 Å². The summed E-state index contributed by atoms with van der Waals surface area (Å²) in [5.41, 5.74) is 0.575. The Kier molecular flexibility index (Phi) is 6.14. The number of benzene rings is 1. The third-order valence-electron chi connectivity index (χ3n) is 3.51. The van der Waals surface area contributed by atoms with Crippen LogP contribution in [0.1, 0.15) is 45.6 Å². The molecule has 0 aliphatic rings. The van der Waals surface area contributed by atoms with Gasteiger partial charge in [-0.15, -0.1) is 0 Å². The highest BCUT2D eigenvalue weighted by Gasteiger charge is 2.19. The number of nitrogens with one attached hydrogen (secondary N) is 1. The first-order chi connectivity index (χ1) is 11.4. The first-order valence-electron chi connectivity index (χ1n) is 7.50. The molecule has 24 heavy (non-hydrogen) atoms. The summed E-state index contributed by atoms with van der Waals surface area (Å²) in [5, 5.41) is 11.7. The monoisotopic (exact) mass is 397 g/mol. The molecule has 1 heterocycles. The molecule has 0 fully saturated rings. The Hall–Kier alpha value is -2.15. The molecule has 0 saturated carbocycles. The van der Waals surface area contributed by atoms with Crippen LogP contribution in [0.5, 0.6) is 0 Å². The fraction of sp³-hybridized carbons (Fsp3) is 0.294. The first kappa shape index (κ1) is 18.2. The van der Waals surface area contributed by atoms with E-state index in [9.17, 15) is 14.0 Å². The minimum atomic E-state index is -1.12. The van der Waals surface area contributed by atoms with Crippen molar-refractivity contribution in [3.05, 3.63) is 57.2 Å². The molecule has 0 aliphatic carbocycles. The fourth-order valence-electron chi connectivity index (χ4n) is 2.28. The van der Waals surface area contributed by atoms with E-state index in [1.165, 1.54) is 12.1 Å². The standard InChI is InChI=1S/C17H17BrFNO4/c1-2-14-12(17(22)23)9-15(24-14)16(21)20-7-3-4-10-5-6-11(18)8-13(10)19/h5-6,8-9H,2-4,7H2,1H3,(H,20,21)(H,22,23). The number of carboxylic acid groups (broad SMARTS) is 1. The zero-order valence-corrected chi connectivity index (χ0v) is 14.7. The summed E-state index contributed by atoms with van der Waals surface area (Å²) in [5.74, 6) is -1.65. The topological polar surface area (TPSA) is 79.5 Å². The van der Waals surface area contributed by atoms with Gasteiger partial charge in [0.25, 0.3) is 5.91 Å². The zero-order chi connectivity index (χ0) is 17.7. The number of aromatic carboxylic acids is 1. The van der Waals surface area contributed by atoms with Crippen molar-refractivity contribution >= 4 is 27.8 Å². The Morgan fingerprint density at radius 1 is 1.33 bits per heavy atom. The van der Waals surface area contributed by atoms with Crippen molar-refractivity contribution in [2.24, 2.45) is 0 Å². The lowest BCUT2D eigenvalue weighted by molar-refractivity contribution is 0.0694. The first-order valence-corrected chi connectivity index (χ1v) is 8.29. The molecule has 2 N–H and O–H groups in total. The van der Waals surface area contributed by atoms with Crippen LogP contribution in [0.2, 0.25) is 0 Å². The SMILES string of the molecule is CCc1oc(C(=O)NCCCc2ccc(Br)cc2F)cc1C(=O)O. The van der Waals surface area contributed by atoms with E-state index in [4.69, 9.17) is 9.52 Å². The van der Waals surface area contributed by atoms with Crippen LogP contribution in [-0.2, 0) is 12.8 Å². The maximum absolute atomic E-state index is 13.7. The highest BCUT2D eigenvalue weighted by Crippen LogP contribution is 2.17. The number of hydrogen-bond acceptors (Lipinski definition) is 3. The summed E-state index contributed by atoms with van der Waals surface area (Å²) in [6, 6.07) is 6.08. The van der Waals surface area contributed by atoms with E-state index in [-0.39, 0.29) is 22.9 Å². The lowest BCUT2D eigenvalue weighted by atomic mass is 10.1. The van der Waals surface area contributed by atoms with E-state index in [1.807, 2.05) is 0 Å². The van der Waals surface area contributed by atoms with Crippen molar-refractivity contribution in [3.8, 4) is 0 Å². The van der Waals surface area contributed by atoms with Crippen LogP contribution in [0.15, 0.2) is 33.2 Å². The minimum Gasteiger partial charge on any atom is -0.478 e. The Balaban J connectivity index is 1.88. The number of carbonyl (C=O) groups is 2. The van der Waals surface area contributed by atoms with Gasteiger partial charge in [-0.2, -0.15) is 0 Å². The Bertz CT molecular complexity index is 757. The molecule has 5 nitrogen and oxygen atoms in total. The molecule has 1 amide bonds. The third kappa shape index (κ3) is 4.44. The number of aryl methyl sites for hydroxylation is 2. The summed E-state index contributed by atoms with van der Waals surface area (Å²) in [6.45, 7) is 2.08. The molecule has 2 rings (SSSR count). The summed E-state index contributed by atoms with van der Waals surface area (Å²) >= 11 is 3.20. The lowest BCUT2D eigenvalue weighted by Gasteiger charge is -2.05. The average molecular weight is 398 g/mol. The van der Waals surface area contributed by atoms with Gasteiger partial charge in [-0.25, -0.2) is 9.18 Å². The number of rotatable bonds is 7. The van der Waals surface area contributed by atoms with E-state index in [0.29, 0.717) is 35.8 Å². The molecule has 0 bridgehead atoms. The number of halogens is 2. The smallest absolute Gasteiger partial charge is 0.339 e. The van der Waals surface area contributed by atoms with Crippen LogP contribution in [0.4, 0.5) is 4.39 Å². The third-order valence-corrected chi connectivity index (χ3v) is 4.00. The van der Waals surface area contributed by atoms with Crippen molar-refractivity contribution in [3.63, 3.8) is 0 Å². The van der Waals surface area contributed by atoms with Gasteiger partial charge in [0, 0.05) is 23.5 Å². The van der Waals surface area contributed by atoms with Gasteiger partial charge < -0.3 is 14.8 Å². The molecule has 0 spiro atoms. The number of furan rings is 1. The minimum absolute atomic E-state index is 0.000386. The Morgan fingerprint density at radius 3 is 2.67 bits per heavy atom. The van der Waals surface area contributed by atoms with Crippen molar-refractivity contribution in [2.45, 2.75) is 26.2 Å². The molecular weight excluding hydrogens is 381 g/mol. The van der Waals surface area contributed by atoms with Gasteiger partial charge in [-0.05, 0) is 30.5 Å². The molecule has 0 saturated heterocycles. The predicted octanol–water partition coefficient (Wildman–Crippen LogP) is 3.80. The maximum atomic E-state index is 13.7. The van der Waals surface area contributed by atoms with Crippen molar-refractivity contribution in [2.75, 3.05) is 6.54 Å². The molecular formula is C17H17BrFNO4. The van der Waals surface area contributed by atoms with Gasteiger partial charge >= 0.3 is 5.97 Å². The Labute approximate surface area is 147 Å². The number of carboxylic acids is 1. The maximum Gasteiger partial charge on any atom is 0.339 e. The largest absolute Gasteiger partial charge is 0.478 e. The van der Waals surface area contributed by atoms with E-state index in [0.717, 1.165) is 0 Å². The lowest BCUT2D eigenvalue weighted by Crippen LogP contribution is -2.24. The fourth-order valence-corrected chi connectivity index (χ4v) is 2.61. The summed E-state index contributed by atoms with van der Waals surface area (Å²) in [6.07, 6.45) is 1.42. The number of hydrogen-bond donors (Lipinski definition) is 2. The molecule has 7 heteroatoms. The zero-order valence-electron chi connectivity index (χ0n) is 13.1.